The zero-order valence-electron chi connectivity index (χ0n) is 12.8. The molecule has 5 nitrogen and oxygen atoms in total. The van der Waals surface area contributed by atoms with Gasteiger partial charge in [-0.2, -0.15) is 0 Å². The summed E-state index contributed by atoms with van der Waals surface area (Å²) in [5.41, 5.74) is 0.546. The van der Waals surface area contributed by atoms with E-state index in [0.717, 1.165) is 0 Å². The molecule has 0 bridgehead atoms. The second kappa shape index (κ2) is 8.04. The topological polar surface area (TPSA) is 61.8 Å². The zero-order chi connectivity index (χ0) is 17.0. The molecule has 1 saturated heterocycles. The van der Waals surface area contributed by atoms with Gasteiger partial charge in [-0.25, -0.2) is 0 Å². The summed E-state index contributed by atoms with van der Waals surface area (Å²) in [4.78, 5) is 30.5. The lowest BCUT2D eigenvalue weighted by Crippen LogP contribution is -2.45. The molecule has 1 N–H and O–H groups in total. The van der Waals surface area contributed by atoms with Crippen molar-refractivity contribution >= 4 is 57.6 Å². The van der Waals surface area contributed by atoms with Gasteiger partial charge in [0.15, 0.2) is 5.17 Å². The predicted octanol–water partition coefficient (Wildman–Crippen LogP) is 3.66. The van der Waals surface area contributed by atoms with E-state index in [4.69, 9.17) is 23.2 Å². The first-order valence-electron chi connectivity index (χ1n) is 7.23. The van der Waals surface area contributed by atoms with Crippen LogP contribution < -0.4 is 5.32 Å². The zero-order valence-corrected chi connectivity index (χ0v) is 15.1. The molecule has 0 radical (unpaired) electrons. The Labute approximate surface area is 149 Å². The lowest BCUT2D eigenvalue weighted by atomic mass is 10.2. The number of hydrogen-bond donors (Lipinski definition) is 1. The van der Waals surface area contributed by atoms with Crippen molar-refractivity contribution in [2.24, 2.45) is 4.99 Å². The SMILES string of the molecule is CCN=C1SC(C(=O)Nc2ccc(Cl)c(Cl)c2)CC(=O)N1CC. The van der Waals surface area contributed by atoms with Gasteiger partial charge in [0.2, 0.25) is 11.8 Å². The van der Waals surface area contributed by atoms with Crippen LogP contribution in [-0.4, -0.2) is 40.2 Å². The fourth-order valence-corrected chi connectivity index (χ4v) is 3.63. The Kier molecular flexibility index (Phi) is 6.33. The molecule has 1 heterocycles. The summed E-state index contributed by atoms with van der Waals surface area (Å²) in [6, 6.07) is 4.86. The fourth-order valence-electron chi connectivity index (χ4n) is 2.12. The van der Waals surface area contributed by atoms with Crippen molar-refractivity contribution in [3.63, 3.8) is 0 Å². The Morgan fingerprint density at radius 3 is 2.74 bits per heavy atom. The van der Waals surface area contributed by atoms with Crippen LogP contribution in [0.15, 0.2) is 23.2 Å². The van der Waals surface area contributed by atoms with Crippen molar-refractivity contribution in [3.05, 3.63) is 28.2 Å². The van der Waals surface area contributed by atoms with Gasteiger partial charge in [0.1, 0.15) is 5.25 Å². The van der Waals surface area contributed by atoms with Crippen molar-refractivity contribution in [1.29, 1.82) is 0 Å². The van der Waals surface area contributed by atoms with Gasteiger partial charge in [-0.3, -0.25) is 19.5 Å². The number of thioether (sulfide) groups is 1. The van der Waals surface area contributed by atoms with Gasteiger partial charge < -0.3 is 5.32 Å². The maximum absolute atomic E-state index is 12.4. The summed E-state index contributed by atoms with van der Waals surface area (Å²) in [5.74, 6) is -0.339. The summed E-state index contributed by atoms with van der Waals surface area (Å²) >= 11 is 13.1. The van der Waals surface area contributed by atoms with Crippen molar-refractivity contribution in [2.75, 3.05) is 18.4 Å². The lowest BCUT2D eigenvalue weighted by Gasteiger charge is -2.30. The lowest BCUT2D eigenvalue weighted by molar-refractivity contribution is -0.129. The Balaban J connectivity index is 2.11. The number of carbonyl (C=O) groups is 2. The molecular weight excluding hydrogens is 357 g/mol. The molecule has 1 aliphatic rings. The highest BCUT2D eigenvalue weighted by Crippen LogP contribution is 2.29. The van der Waals surface area contributed by atoms with Crippen LogP contribution in [0.1, 0.15) is 20.3 Å². The average molecular weight is 374 g/mol. The normalized spacial score (nSPS) is 20.0. The highest BCUT2D eigenvalue weighted by Gasteiger charge is 2.34. The monoisotopic (exact) mass is 373 g/mol. The van der Waals surface area contributed by atoms with Crippen LogP contribution in [0, 0.1) is 0 Å². The molecule has 0 saturated carbocycles. The maximum Gasteiger partial charge on any atom is 0.238 e. The number of anilines is 1. The molecule has 1 aliphatic heterocycles. The Hall–Kier alpha value is -1.24. The van der Waals surface area contributed by atoms with Gasteiger partial charge in [0, 0.05) is 25.2 Å². The van der Waals surface area contributed by atoms with Crippen LogP contribution in [0.2, 0.25) is 10.0 Å². The smallest absolute Gasteiger partial charge is 0.238 e. The molecule has 1 aromatic rings. The molecule has 0 aromatic heterocycles. The minimum atomic E-state index is -0.509. The van der Waals surface area contributed by atoms with E-state index < -0.39 is 5.25 Å². The molecule has 1 aromatic carbocycles. The number of nitrogens with zero attached hydrogens (tertiary/aromatic N) is 2. The van der Waals surface area contributed by atoms with Crippen molar-refractivity contribution in [2.45, 2.75) is 25.5 Å². The predicted molar refractivity (Wildman–Crippen MR) is 96.5 cm³/mol. The van der Waals surface area contributed by atoms with Gasteiger partial charge in [0.25, 0.3) is 0 Å². The quantitative estimate of drug-likeness (QED) is 0.875. The molecule has 23 heavy (non-hydrogen) atoms. The van der Waals surface area contributed by atoms with E-state index in [9.17, 15) is 9.59 Å². The Bertz CT molecular complexity index is 652. The van der Waals surface area contributed by atoms with Crippen LogP contribution in [0.5, 0.6) is 0 Å². The number of nitrogens with one attached hydrogen (secondary N) is 1. The minimum absolute atomic E-state index is 0.0901. The van der Waals surface area contributed by atoms with Crippen LogP contribution in [-0.2, 0) is 9.59 Å². The average Bonchev–Trinajstić information content (AvgIpc) is 2.51. The molecule has 124 valence electrons. The summed E-state index contributed by atoms with van der Waals surface area (Å²) in [6.07, 6.45) is 0.147. The van der Waals surface area contributed by atoms with E-state index in [1.165, 1.54) is 11.8 Å². The first-order chi connectivity index (χ1) is 11.0. The molecule has 0 aliphatic carbocycles. The van der Waals surface area contributed by atoms with Crippen LogP contribution >= 0.6 is 35.0 Å². The van der Waals surface area contributed by atoms with Gasteiger partial charge in [0.05, 0.1) is 10.0 Å². The first-order valence-corrected chi connectivity index (χ1v) is 8.87. The molecule has 2 rings (SSSR count). The number of carbonyl (C=O) groups excluding carboxylic acids is 2. The largest absolute Gasteiger partial charge is 0.325 e. The molecule has 1 fully saturated rings. The third kappa shape index (κ3) is 4.40. The first kappa shape index (κ1) is 18.1. The summed E-state index contributed by atoms with van der Waals surface area (Å²) < 4.78 is 0. The van der Waals surface area contributed by atoms with Crippen LogP contribution in [0.4, 0.5) is 5.69 Å². The second-order valence-electron chi connectivity index (χ2n) is 4.82. The number of hydrogen-bond acceptors (Lipinski definition) is 4. The van der Waals surface area contributed by atoms with Crippen LogP contribution in [0.25, 0.3) is 0 Å². The van der Waals surface area contributed by atoms with Gasteiger partial charge in [-0.15, -0.1) is 0 Å². The van der Waals surface area contributed by atoms with E-state index in [-0.39, 0.29) is 18.2 Å². The highest BCUT2D eigenvalue weighted by molar-refractivity contribution is 8.15. The van der Waals surface area contributed by atoms with E-state index in [0.29, 0.717) is 34.0 Å². The molecule has 1 unspecified atom stereocenters. The van der Waals surface area contributed by atoms with Crippen molar-refractivity contribution < 1.29 is 9.59 Å². The third-order valence-corrected chi connectivity index (χ3v) is 5.19. The molecule has 0 spiro atoms. The molecule has 1 atom stereocenters. The van der Waals surface area contributed by atoms with E-state index in [1.54, 1.807) is 23.1 Å². The Morgan fingerprint density at radius 2 is 2.13 bits per heavy atom. The number of benzene rings is 1. The summed E-state index contributed by atoms with van der Waals surface area (Å²) in [6.45, 7) is 4.89. The van der Waals surface area contributed by atoms with E-state index >= 15 is 0 Å². The van der Waals surface area contributed by atoms with Gasteiger partial charge >= 0.3 is 0 Å². The number of halogens is 2. The minimum Gasteiger partial charge on any atom is -0.325 e. The molecule has 8 heteroatoms. The molecular formula is C15H17Cl2N3O2S. The van der Waals surface area contributed by atoms with Gasteiger partial charge in [-0.05, 0) is 32.0 Å². The molecule has 2 amide bonds. The number of rotatable bonds is 4. The number of aliphatic imine (C=N–C) groups is 1. The standard InChI is InChI=1S/C15H17Cl2N3O2S/c1-3-18-15-20(4-2)13(21)8-12(23-15)14(22)19-9-5-6-10(16)11(17)7-9/h5-7,12H,3-4,8H2,1-2H3,(H,19,22). The number of amides is 2. The second-order valence-corrected chi connectivity index (χ2v) is 6.81. The summed E-state index contributed by atoms with van der Waals surface area (Å²) in [7, 11) is 0. The Morgan fingerprint density at radius 1 is 1.39 bits per heavy atom. The fraction of sp³-hybridized carbons (Fsp3) is 0.400. The van der Waals surface area contributed by atoms with Crippen molar-refractivity contribution in [1.82, 2.24) is 4.90 Å². The van der Waals surface area contributed by atoms with E-state index in [1.807, 2.05) is 13.8 Å². The number of amidine groups is 1. The third-order valence-electron chi connectivity index (χ3n) is 3.23. The highest BCUT2D eigenvalue weighted by atomic mass is 35.5. The summed E-state index contributed by atoms with van der Waals surface area (Å²) in [5, 5.41) is 3.64. The van der Waals surface area contributed by atoms with E-state index in [2.05, 4.69) is 10.3 Å². The van der Waals surface area contributed by atoms with Gasteiger partial charge in [-0.1, -0.05) is 35.0 Å². The van der Waals surface area contributed by atoms with Crippen LogP contribution in [0.3, 0.4) is 0 Å². The van der Waals surface area contributed by atoms with Crippen molar-refractivity contribution in [3.8, 4) is 0 Å². The maximum atomic E-state index is 12.4.